The average molecular weight is 280 g/mol. The number of carbonyl (C=O) groups is 1. The predicted molar refractivity (Wildman–Crippen MR) is 75.6 cm³/mol. The Morgan fingerprint density at radius 2 is 2.10 bits per heavy atom. The molecule has 1 aromatic rings. The van der Waals surface area contributed by atoms with Crippen molar-refractivity contribution in [1.82, 2.24) is 5.32 Å². The largest absolute Gasteiger partial charge is 0.480 e. The average Bonchev–Trinajstić information content (AvgIpc) is 2.34. The van der Waals surface area contributed by atoms with Crippen LogP contribution >= 0.6 is 0 Å². The van der Waals surface area contributed by atoms with E-state index in [9.17, 15) is 14.9 Å². The maximum atomic E-state index is 11.1. The lowest BCUT2D eigenvalue weighted by atomic mass is 10.0. The van der Waals surface area contributed by atoms with Crippen LogP contribution in [0.15, 0.2) is 18.2 Å². The lowest BCUT2D eigenvalue weighted by molar-refractivity contribution is -0.384. The second-order valence-corrected chi connectivity index (χ2v) is 5.27. The molecule has 0 spiro atoms. The Balaban J connectivity index is 2.73. The van der Waals surface area contributed by atoms with Crippen LogP contribution in [0.5, 0.6) is 0 Å². The molecule has 0 aromatic heterocycles. The topological polar surface area (TPSA) is 92.5 Å². The molecule has 2 N–H and O–H groups in total. The van der Waals surface area contributed by atoms with Crippen molar-refractivity contribution < 1.29 is 14.8 Å². The van der Waals surface area contributed by atoms with Crippen LogP contribution in [0.3, 0.4) is 0 Å². The summed E-state index contributed by atoms with van der Waals surface area (Å²) in [4.78, 5) is 21.3. The van der Waals surface area contributed by atoms with Gasteiger partial charge in [0.1, 0.15) is 6.04 Å². The van der Waals surface area contributed by atoms with E-state index in [0.717, 1.165) is 11.1 Å². The molecule has 0 saturated carbocycles. The van der Waals surface area contributed by atoms with Crippen molar-refractivity contribution in [2.24, 2.45) is 5.92 Å². The predicted octanol–water partition coefficient (Wildman–Crippen LogP) is 2.49. The fourth-order valence-electron chi connectivity index (χ4n) is 1.97. The van der Waals surface area contributed by atoms with Crippen LogP contribution in [-0.2, 0) is 11.3 Å². The number of aryl methyl sites for hydroxylation is 1. The normalized spacial score (nSPS) is 12.4. The Hall–Kier alpha value is -1.95. The summed E-state index contributed by atoms with van der Waals surface area (Å²) in [5.74, 6) is -0.597. The molecule has 0 amide bonds. The van der Waals surface area contributed by atoms with E-state index >= 15 is 0 Å². The number of hydrogen-bond acceptors (Lipinski definition) is 4. The highest BCUT2D eigenvalue weighted by atomic mass is 16.6. The first-order chi connectivity index (χ1) is 9.31. The summed E-state index contributed by atoms with van der Waals surface area (Å²) in [5, 5.41) is 22.8. The van der Waals surface area contributed by atoms with E-state index in [0.29, 0.717) is 13.0 Å². The second-order valence-electron chi connectivity index (χ2n) is 5.27. The molecular weight excluding hydrogens is 260 g/mol. The molecule has 110 valence electrons. The zero-order valence-corrected chi connectivity index (χ0v) is 11.9. The van der Waals surface area contributed by atoms with Crippen molar-refractivity contribution in [1.29, 1.82) is 0 Å². The Morgan fingerprint density at radius 1 is 1.45 bits per heavy atom. The van der Waals surface area contributed by atoms with Gasteiger partial charge in [-0.1, -0.05) is 19.9 Å². The molecule has 0 saturated heterocycles. The van der Waals surface area contributed by atoms with E-state index in [1.807, 2.05) is 13.8 Å². The summed E-state index contributed by atoms with van der Waals surface area (Å²) in [6.45, 7) is 6.10. The van der Waals surface area contributed by atoms with Crippen molar-refractivity contribution in [3.63, 3.8) is 0 Å². The number of non-ortho nitro benzene ring substituents is 1. The number of nitro benzene ring substituents is 1. The van der Waals surface area contributed by atoms with Gasteiger partial charge in [0.15, 0.2) is 0 Å². The number of nitrogens with one attached hydrogen (secondary N) is 1. The van der Waals surface area contributed by atoms with Crippen LogP contribution in [-0.4, -0.2) is 22.0 Å². The van der Waals surface area contributed by atoms with Crippen molar-refractivity contribution in [3.05, 3.63) is 39.4 Å². The molecule has 1 atom stereocenters. The molecule has 0 aliphatic carbocycles. The van der Waals surface area contributed by atoms with E-state index < -0.39 is 16.9 Å². The highest BCUT2D eigenvalue weighted by Gasteiger charge is 2.18. The number of benzene rings is 1. The summed E-state index contributed by atoms with van der Waals surface area (Å²) in [5.41, 5.74) is 1.69. The van der Waals surface area contributed by atoms with Crippen molar-refractivity contribution in [2.75, 3.05) is 0 Å². The van der Waals surface area contributed by atoms with E-state index in [4.69, 9.17) is 5.11 Å². The van der Waals surface area contributed by atoms with Crippen LogP contribution in [0.4, 0.5) is 5.69 Å². The van der Waals surface area contributed by atoms with Gasteiger partial charge in [0.2, 0.25) is 0 Å². The number of aliphatic carboxylic acids is 1. The standard InChI is InChI=1S/C14H20N2O4/c1-9(2)6-13(14(17)18)15-8-11-4-5-12(16(19)20)7-10(11)3/h4-5,7,9,13,15H,6,8H2,1-3H3,(H,17,18). The quantitative estimate of drug-likeness (QED) is 0.591. The van der Waals surface area contributed by atoms with Crippen molar-refractivity contribution in [3.8, 4) is 0 Å². The first-order valence-electron chi connectivity index (χ1n) is 6.51. The summed E-state index contributed by atoms with van der Waals surface area (Å²) in [6, 6.07) is 3.98. The molecule has 0 heterocycles. The summed E-state index contributed by atoms with van der Waals surface area (Å²) >= 11 is 0. The third-order valence-corrected chi connectivity index (χ3v) is 3.08. The maximum Gasteiger partial charge on any atom is 0.320 e. The summed E-state index contributed by atoms with van der Waals surface area (Å²) in [6.07, 6.45) is 0.543. The number of carboxylic acids is 1. The molecule has 0 aliphatic heterocycles. The first-order valence-corrected chi connectivity index (χ1v) is 6.51. The van der Waals surface area contributed by atoms with E-state index in [1.165, 1.54) is 12.1 Å². The molecule has 1 unspecified atom stereocenters. The van der Waals surface area contributed by atoms with Crippen LogP contribution in [0.25, 0.3) is 0 Å². The van der Waals surface area contributed by atoms with E-state index in [1.54, 1.807) is 13.0 Å². The van der Waals surface area contributed by atoms with Gasteiger partial charge in [-0.3, -0.25) is 14.9 Å². The maximum absolute atomic E-state index is 11.1. The van der Waals surface area contributed by atoms with Crippen LogP contribution < -0.4 is 5.32 Å². The highest BCUT2D eigenvalue weighted by Crippen LogP contribution is 2.17. The van der Waals surface area contributed by atoms with Gasteiger partial charge >= 0.3 is 5.97 Å². The van der Waals surface area contributed by atoms with Gasteiger partial charge in [0, 0.05) is 18.7 Å². The number of carboxylic acid groups (broad SMARTS) is 1. The number of hydrogen-bond donors (Lipinski definition) is 2. The Labute approximate surface area is 118 Å². The fraction of sp³-hybridized carbons (Fsp3) is 0.500. The van der Waals surface area contributed by atoms with Gasteiger partial charge in [0.05, 0.1) is 4.92 Å². The second kappa shape index (κ2) is 7.00. The van der Waals surface area contributed by atoms with E-state index in [-0.39, 0.29) is 11.6 Å². The van der Waals surface area contributed by atoms with E-state index in [2.05, 4.69) is 5.32 Å². The fourth-order valence-corrected chi connectivity index (χ4v) is 1.97. The molecule has 6 nitrogen and oxygen atoms in total. The number of nitro groups is 1. The minimum absolute atomic E-state index is 0.0446. The molecule has 20 heavy (non-hydrogen) atoms. The Morgan fingerprint density at radius 3 is 2.55 bits per heavy atom. The molecule has 6 heteroatoms. The third-order valence-electron chi connectivity index (χ3n) is 3.08. The number of nitrogens with zero attached hydrogens (tertiary/aromatic N) is 1. The van der Waals surface area contributed by atoms with Gasteiger partial charge in [-0.2, -0.15) is 0 Å². The van der Waals surface area contributed by atoms with Gasteiger partial charge in [0.25, 0.3) is 5.69 Å². The minimum atomic E-state index is -0.877. The molecule has 1 rings (SSSR count). The zero-order valence-electron chi connectivity index (χ0n) is 11.9. The van der Waals surface area contributed by atoms with Crippen LogP contribution in [0.2, 0.25) is 0 Å². The lowest BCUT2D eigenvalue weighted by Gasteiger charge is -2.17. The number of rotatable bonds is 7. The summed E-state index contributed by atoms with van der Waals surface area (Å²) in [7, 11) is 0. The summed E-state index contributed by atoms with van der Waals surface area (Å²) < 4.78 is 0. The lowest BCUT2D eigenvalue weighted by Crippen LogP contribution is -2.37. The molecule has 1 aromatic carbocycles. The minimum Gasteiger partial charge on any atom is -0.480 e. The van der Waals surface area contributed by atoms with Crippen LogP contribution in [0.1, 0.15) is 31.4 Å². The molecule has 0 bridgehead atoms. The molecule has 0 fully saturated rings. The molecule has 0 radical (unpaired) electrons. The van der Waals surface area contributed by atoms with Crippen LogP contribution in [0, 0.1) is 23.0 Å². The zero-order chi connectivity index (χ0) is 15.3. The van der Waals surface area contributed by atoms with Gasteiger partial charge < -0.3 is 10.4 Å². The monoisotopic (exact) mass is 280 g/mol. The van der Waals surface area contributed by atoms with Gasteiger partial charge in [-0.15, -0.1) is 0 Å². The van der Waals surface area contributed by atoms with Crippen molar-refractivity contribution in [2.45, 2.75) is 39.8 Å². The highest BCUT2D eigenvalue weighted by molar-refractivity contribution is 5.73. The smallest absolute Gasteiger partial charge is 0.320 e. The SMILES string of the molecule is Cc1cc([N+](=O)[O-])ccc1CNC(CC(C)C)C(=O)O. The Bertz CT molecular complexity index is 500. The first kappa shape index (κ1) is 16.1. The Kier molecular flexibility index (Phi) is 5.64. The molecule has 0 aliphatic rings. The van der Waals surface area contributed by atoms with Crippen molar-refractivity contribution >= 4 is 11.7 Å². The molecular formula is C14H20N2O4. The van der Waals surface area contributed by atoms with Gasteiger partial charge in [-0.25, -0.2) is 0 Å². The van der Waals surface area contributed by atoms with Gasteiger partial charge in [-0.05, 0) is 30.4 Å². The third kappa shape index (κ3) is 4.62.